The van der Waals surface area contributed by atoms with Crippen LogP contribution in [0.2, 0.25) is 0 Å². The quantitative estimate of drug-likeness (QED) is 0.560. The normalized spacial score (nSPS) is 24.1. The zero-order chi connectivity index (χ0) is 21.1. The van der Waals surface area contributed by atoms with Crippen molar-refractivity contribution in [2.75, 3.05) is 18.8 Å². The minimum absolute atomic E-state index is 0.112. The highest BCUT2D eigenvalue weighted by molar-refractivity contribution is 7.15. The summed E-state index contributed by atoms with van der Waals surface area (Å²) >= 11 is 1.55. The highest BCUT2D eigenvalue weighted by Crippen LogP contribution is 2.30. The number of rotatable bonds is 6. The molecule has 2 aromatic rings. The van der Waals surface area contributed by atoms with Gasteiger partial charge in [-0.05, 0) is 50.0 Å². The summed E-state index contributed by atoms with van der Waals surface area (Å²) in [5.74, 6) is 0.449. The highest BCUT2D eigenvalue weighted by atomic mass is 32.1. The second-order valence-corrected chi connectivity index (χ2v) is 9.43. The van der Waals surface area contributed by atoms with E-state index in [4.69, 9.17) is 5.73 Å². The molecule has 30 heavy (non-hydrogen) atoms. The number of nitrogens with two attached hydrogens (primary N) is 1. The van der Waals surface area contributed by atoms with Gasteiger partial charge in [0.15, 0.2) is 5.13 Å². The molecule has 2 heterocycles. The molecule has 3 unspecified atom stereocenters. The molecule has 0 radical (unpaired) electrons. The van der Waals surface area contributed by atoms with Gasteiger partial charge in [0.2, 0.25) is 11.8 Å². The number of nitrogens with zero attached hydrogens (tertiary/aromatic N) is 1. The van der Waals surface area contributed by atoms with Crippen LogP contribution in [0.25, 0.3) is 0 Å². The molecule has 0 spiro atoms. The number of aromatic nitrogens is 1. The van der Waals surface area contributed by atoms with E-state index < -0.39 is 6.04 Å². The Labute approximate surface area is 180 Å². The zero-order valence-electron chi connectivity index (χ0n) is 17.2. The molecular weight excluding hydrogens is 398 g/mol. The first kappa shape index (κ1) is 20.8. The number of aryl methyl sites for hydroxylation is 1. The molecule has 1 saturated heterocycles. The maximum Gasteiger partial charge on any atom is 0.242 e. The van der Waals surface area contributed by atoms with E-state index in [1.807, 2.05) is 18.2 Å². The van der Waals surface area contributed by atoms with Crippen molar-refractivity contribution in [3.8, 4) is 0 Å². The number of fused-ring (bicyclic) bond motifs is 1. The van der Waals surface area contributed by atoms with Crippen molar-refractivity contribution in [2.45, 2.75) is 50.6 Å². The first-order valence-electron chi connectivity index (χ1n) is 10.6. The largest absolute Gasteiger partial charge is 0.375 e. The second-order valence-electron chi connectivity index (χ2n) is 8.31. The fraction of sp³-hybridized carbons (Fsp3) is 0.500. The summed E-state index contributed by atoms with van der Waals surface area (Å²) in [4.78, 5) is 30.7. The van der Waals surface area contributed by atoms with Crippen molar-refractivity contribution in [1.29, 1.82) is 0 Å². The lowest BCUT2D eigenvalue weighted by Gasteiger charge is -2.23. The molecule has 0 saturated carbocycles. The van der Waals surface area contributed by atoms with Crippen LogP contribution in [0.15, 0.2) is 30.3 Å². The van der Waals surface area contributed by atoms with Crippen molar-refractivity contribution < 1.29 is 9.59 Å². The Morgan fingerprint density at radius 1 is 1.33 bits per heavy atom. The predicted octanol–water partition coefficient (Wildman–Crippen LogP) is 1.60. The van der Waals surface area contributed by atoms with Crippen molar-refractivity contribution in [1.82, 2.24) is 20.9 Å². The first-order chi connectivity index (χ1) is 14.5. The number of carbonyl (C=O) groups is 2. The van der Waals surface area contributed by atoms with Gasteiger partial charge in [-0.3, -0.25) is 9.59 Å². The van der Waals surface area contributed by atoms with Crippen molar-refractivity contribution in [3.63, 3.8) is 0 Å². The van der Waals surface area contributed by atoms with Crippen LogP contribution in [-0.4, -0.2) is 42.0 Å². The molecule has 160 valence electrons. The van der Waals surface area contributed by atoms with Gasteiger partial charge in [-0.2, -0.15) is 0 Å². The smallest absolute Gasteiger partial charge is 0.242 e. The van der Waals surface area contributed by atoms with E-state index in [1.54, 1.807) is 18.3 Å². The molecule has 1 aliphatic carbocycles. The Bertz CT molecular complexity index is 900. The number of hydrogen-bond acceptors (Lipinski definition) is 6. The Morgan fingerprint density at radius 2 is 2.13 bits per heavy atom. The number of hydrogen-bond donors (Lipinski definition) is 4. The monoisotopic (exact) mass is 427 g/mol. The molecule has 4 atom stereocenters. The summed E-state index contributed by atoms with van der Waals surface area (Å²) in [6, 6.07) is 9.40. The van der Waals surface area contributed by atoms with Crippen LogP contribution in [0, 0.1) is 5.92 Å². The van der Waals surface area contributed by atoms with Crippen LogP contribution < -0.4 is 21.7 Å². The van der Waals surface area contributed by atoms with Gasteiger partial charge in [0.25, 0.3) is 0 Å². The molecule has 5 N–H and O–H groups in total. The van der Waals surface area contributed by atoms with Gasteiger partial charge in [-0.25, -0.2) is 4.98 Å². The molecular formula is C22H29N5O2S. The molecule has 7 nitrogen and oxygen atoms in total. The summed E-state index contributed by atoms with van der Waals surface area (Å²) in [5.41, 5.74) is 8.15. The molecule has 2 aliphatic rings. The van der Waals surface area contributed by atoms with Crippen LogP contribution in [-0.2, 0) is 22.4 Å². The lowest BCUT2D eigenvalue weighted by atomic mass is 9.91. The van der Waals surface area contributed by atoms with E-state index in [2.05, 4.69) is 33.1 Å². The molecule has 2 amide bonds. The number of carbonyl (C=O) groups excluding carboxylic acids is 2. The Balaban J connectivity index is 1.21. The minimum atomic E-state index is -0.562. The van der Waals surface area contributed by atoms with Crippen LogP contribution in [0.3, 0.4) is 0 Å². The Kier molecular flexibility index (Phi) is 6.34. The fourth-order valence-electron chi connectivity index (χ4n) is 4.33. The third kappa shape index (κ3) is 4.82. The van der Waals surface area contributed by atoms with Crippen LogP contribution in [0.5, 0.6) is 0 Å². The van der Waals surface area contributed by atoms with E-state index in [0.29, 0.717) is 23.5 Å². The Morgan fingerprint density at radius 3 is 2.93 bits per heavy atom. The maximum atomic E-state index is 12.6. The van der Waals surface area contributed by atoms with Crippen LogP contribution in [0.1, 0.15) is 41.8 Å². The molecule has 1 aromatic carbocycles. The highest BCUT2D eigenvalue weighted by Gasteiger charge is 2.31. The summed E-state index contributed by atoms with van der Waals surface area (Å²) in [5, 5.41) is 9.77. The number of nitrogens with one attached hydrogen (secondary N) is 3. The standard InChI is InChI=1S/C22H29N5O2S/c1-13(20(28)25-11-14-7-8-17-19(9-14)30-22(23)27-17)26-21(29)18-10-16(12-24-18)15-5-3-2-4-6-15/h2-6,13-14,16,18,24H,7-12H2,1H3,(H2,23,27)(H,25,28)(H,26,29)/t13-,14?,16?,18?/m0/s1. The molecule has 1 aliphatic heterocycles. The van der Waals surface area contributed by atoms with E-state index >= 15 is 0 Å². The number of thiazole rings is 1. The average Bonchev–Trinajstić information content (AvgIpc) is 3.38. The van der Waals surface area contributed by atoms with Crippen LogP contribution >= 0.6 is 11.3 Å². The second kappa shape index (κ2) is 9.14. The van der Waals surface area contributed by atoms with E-state index in [9.17, 15) is 9.59 Å². The van der Waals surface area contributed by atoms with Gasteiger partial charge in [-0.15, -0.1) is 11.3 Å². The van der Waals surface area contributed by atoms with E-state index in [-0.39, 0.29) is 17.9 Å². The van der Waals surface area contributed by atoms with Gasteiger partial charge < -0.3 is 21.7 Å². The van der Waals surface area contributed by atoms with Crippen molar-refractivity contribution in [3.05, 3.63) is 46.5 Å². The zero-order valence-corrected chi connectivity index (χ0v) is 18.0. The predicted molar refractivity (Wildman–Crippen MR) is 118 cm³/mol. The molecule has 1 aromatic heterocycles. The summed E-state index contributed by atoms with van der Waals surface area (Å²) < 4.78 is 0. The van der Waals surface area contributed by atoms with E-state index in [1.165, 1.54) is 10.4 Å². The number of benzene rings is 1. The maximum absolute atomic E-state index is 12.6. The van der Waals surface area contributed by atoms with Crippen LogP contribution in [0.4, 0.5) is 5.13 Å². The first-order valence-corrected chi connectivity index (χ1v) is 11.4. The summed E-state index contributed by atoms with van der Waals surface area (Å²) in [6.45, 7) is 3.11. The number of nitrogen functional groups attached to an aromatic ring is 1. The van der Waals surface area contributed by atoms with Gasteiger partial charge in [-0.1, -0.05) is 30.3 Å². The lowest BCUT2D eigenvalue weighted by Crippen LogP contribution is -2.50. The topological polar surface area (TPSA) is 109 Å². The summed E-state index contributed by atoms with van der Waals surface area (Å²) in [6.07, 6.45) is 3.54. The third-order valence-corrected chi connectivity index (χ3v) is 7.04. The van der Waals surface area contributed by atoms with E-state index in [0.717, 1.165) is 37.9 Å². The van der Waals surface area contributed by atoms with Crippen molar-refractivity contribution >= 4 is 28.3 Å². The average molecular weight is 428 g/mol. The number of anilines is 1. The Hall–Kier alpha value is -2.45. The molecule has 8 heteroatoms. The SMILES string of the molecule is C[C@H](NC(=O)C1CC(c2ccccc2)CN1)C(=O)NCC1CCc2nc(N)sc2C1. The van der Waals surface area contributed by atoms with Gasteiger partial charge in [0.05, 0.1) is 11.7 Å². The molecule has 1 fully saturated rings. The molecule has 4 rings (SSSR count). The van der Waals surface area contributed by atoms with Crippen molar-refractivity contribution in [2.24, 2.45) is 5.92 Å². The third-order valence-electron chi connectivity index (χ3n) is 6.09. The fourth-order valence-corrected chi connectivity index (χ4v) is 5.32. The van der Waals surface area contributed by atoms with Gasteiger partial charge >= 0.3 is 0 Å². The van der Waals surface area contributed by atoms with Gasteiger partial charge in [0, 0.05) is 18.0 Å². The minimum Gasteiger partial charge on any atom is -0.375 e. The summed E-state index contributed by atoms with van der Waals surface area (Å²) in [7, 11) is 0. The lowest BCUT2D eigenvalue weighted by molar-refractivity contribution is -0.129. The van der Waals surface area contributed by atoms with Gasteiger partial charge in [0.1, 0.15) is 6.04 Å². The molecule has 0 bridgehead atoms. The number of amides is 2.